The van der Waals surface area contributed by atoms with Crippen LogP contribution in [0.5, 0.6) is 5.75 Å². The van der Waals surface area contributed by atoms with E-state index in [1.165, 1.54) is 5.56 Å². The van der Waals surface area contributed by atoms with Gasteiger partial charge in [0.15, 0.2) is 0 Å². The molecule has 1 atom stereocenters. The van der Waals surface area contributed by atoms with Gasteiger partial charge in [0.2, 0.25) is 0 Å². The van der Waals surface area contributed by atoms with Crippen molar-refractivity contribution in [1.29, 1.82) is 5.26 Å². The number of benzene rings is 1. The summed E-state index contributed by atoms with van der Waals surface area (Å²) < 4.78 is 5.68. The van der Waals surface area contributed by atoms with Crippen LogP contribution in [-0.4, -0.2) is 19.2 Å². The van der Waals surface area contributed by atoms with E-state index in [4.69, 9.17) is 10.00 Å². The maximum absolute atomic E-state index is 8.96. The van der Waals surface area contributed by atoms with Crippen LogP contribution in [0.15, 0.2) is 18.2 Å². The van der Waals surface area contributed by atoms with Crippen LogP contribution >= 0.6 is 0 Å². The van der Waals surface area contributed by atoms with Crippen molar-refractivity contribution < 1.29 is 4.74 Å². The summed E-state index contributed by atoms with van der Waals surface area (Å²) in [6.07, 6.45) is 1.02. The zero-order chi connectivity index (χ0) is 12.7. The van der Waals surface area contributed by atoms with Crippen LogP contribution in [0.4, 0.5) is 0 Å². The molecular formula is C14H20N2O. The average Bonchev–Trinajstić information content (AvgIpc) is 2.34. The van der Waals surface area contributed by atoms with Crippen LogP contribution in [0.1, 0.15) is 24.5 Å². The number of nitriles is 1. The van der Waals surface area contributed by atoms with Crippen molar-refractivity contribution in [1.82, 2.24) is 5.32 Å². The molecule has 0 aliphatic rings. The van der Waals surface area contributed by atoms with Crippen molar-refractivity contribution >= 4 is 0 Å². The largest absolute Gasteiger partial charge is 0.491 e. The lowest BCUT2D eigenvalue weighted by atomic mass is 10.1. The first kappa shape index (κ1) is 13.5. The summed E-state index contributed by atoms with van der Waals surface area (Å²) in [6.45, 7) is 7.40. The normalized spacial score (nSPS) is 11.9. The molecule has 92 valence electrons. The Balaban J connectivity index is 2.54. The predicted molar refractivity (Wildman–Crippen MR) is 69.1 cm³/mol. The molecule has 0 aliphatic carbocycles. The highest BCUT2D eigenvalue weighted by molar-refractivity contribution is 5.38. The summed E-state index contributed by atoms with van der Waals surface area (Å²) >= 11 is 0. The molecule has 3 heteroatoms. The maximum atomic E-state index is 8.96. The molecule has 0 amide bonds. The Bertz CT molecular complexity index is 396. The van der Waals surface area contributed by atoms with Crippen LogP contribution in [-0.2, 0) is 0 Å². The second kappa shape index (κ2) is 6.93. The SMILES string of the molecule is CCCNC(C#N)COc1cccc(C)c1C. The molecule has 1 unspecified atom stereocenters. The van der Waals surface area contributed by atoms with Gasteiger partial charge >= 0.3 is 0 Å². The first-order chi connectivity index (χ1) is 8.19. The Labute approximate surface area is 103 Å². The molecule has 0 fully saturated rings. The van der Waals surface area contributed by atoms with Crippen LogP contribution in [0.3, 0.4) is 0 Å². The maximum Gasteiger partial charge on any atom is 0.130 e. The van der Waals surface area contributed by atoms with E-state index in [9.17, 15) is 0 Å². The average molecular weight is 232 g/mol. The van der Waals surface area contributed by atoms with Gasteiger partial charge in [0.25, 0.3) is 0 Å². The number of aryl methyl sites for hydroxylation is 1. The Hall–Kier alpha value is -1.53. The van der Waals surface area contributed by atoms with Crippen LogP contribution < -0.4 is 10.1 Å². The van der Waals surface area contributed by atoms with E-state index in [0.29, 0.717) is 6.61 Å². The molecule has 1 aromatic carbocycles. The van der Waals surface area contributed by atoms with Crippen LogP contribution in [0, 0.1) is 25.2 Å². The number of nitrogens with one attached hydrogen (secondary N) is 1. The molecule has 1 N–H and O–H groups in total. The van der Waals surface area contributed by atoms with E-state index < -0.39 is 0 Å². The van der Waals surface area contributed by atoms with E-state index in [-0.39, 0.29) is 6.04 Å². The molecule has 1 rings (SSSR count). The quantitative estimate of drug-likeness (QED) is 0.820. The lowest BCUT2D eigenvalue weighted by Gasteiger charge is -2.14. The van der Waals surface area contributed by atoms with E-state index in [1.54, 1.807) is 0 Å². The summed E-state index contributed by atoms with van der Waals surface area (Å²) in [4.78, 5) is 0. The van der Waals surface area contributed by atoms with Crippen molar-refractivity contribution in [3.8, 4) is 11.8 Å². The zero-order valence-electron chi connectivity index (χ0n) is 10.8. The van der Waals surface area contributed by atoms with Gasteiger partial charge in [-0.2, -0.15) is 5.26 Å². The van der Waals surface area contributed by atoms with Crippen molar-refractivity contribution in [3.05, 3.63) is 29.3 Å². The van der Waals surface area contributed by atoms with Gasteiger partial charge in [-0.15, -0.1) is 0 Å². The first-order valence-electron chi connectivity index (χ1n) is 6.01. The fraction of sp³-hybridized carbons (Fsp3) is 0.500. The number of hydrogen-bond donors (Lipinski definition) is 1. The van der Waals surface area contributed by atoms with Gasteiger partial charge in [0.1, 0.15) is 18.4 Å². The Morgan fingerprint density at radius 1 is 1.41 bits per heavy atom. The van der Waals surface area contributed by atoms with Gasteiger partial charge < -0.3 is 4.74 Å². The molecule has 0 spiro atoms. The third-order valence-electron chi connectivity index (χ3n) is 2.76. The molecular weight excluding hydrogens is 212 g/mol. The van der Waals surface area contributed by atoms with Gasteiger partial charge in [-0.3, -0.25) is 5.32 Å². The highest BCUT2D eigenvalue weighted by Gasteiger charge is 2.08. The molecule has 17 heavy (non-hydrogen) atoms. The molecule has 0 heterocycles. The van der Waals surface area contributed by atoms with E-state index >= 15 is 0 Å². The number of rotatable bonds is 6. The molecule has 0 bridgehead atoms. The van der Waals surface area contributed by atoms with Gasteiger partial charge in [-0.1, -0.05) is 19.1 Å². The predicted octanol–water partition coefficient (Wildman–Crippen LogP) is 2.57. The highest BCUT2D eigenvalue weighted by atomic mass is 16.5. The second-order valence-corrected chi connectivity index (χ2v) is 4.14. The summed E-state index contributed by atoms with van der Waals surface area (Å²) in [5, 5.41) is 12.1. The van der Waals surface area contributed by atoms with Gasteiger partial charge in [0, 0.05) is 0 Å². The topological polar surface area (TPSA) is 45.0 Å². The van der Waals surface area contributed by atoms with Crippen molar-refractivity contribution in [2.24, 2.45) is 0 Å². The standard InChI is InChI=1S/C14H20N2O/c1-4-8-16-13(9-15)10-17-14-7-5-6-11(2)12(14)3/h5-7,13,16H,4,8,10H2,1-3H3. The molecule has 3 nitrogen and oxygen atoms in total. The van der Waals surface area contributed by atoms with Crippen LogP contribution in [0.25, 0.3) is 0 Å². The van der Waals surface area contributed by atoms with Crippen LogP contribution in [0.2, 0.25) is 0 Å². The summed E-state index contributed by atoms with van der Waals surface area (Å²) in [5.74, 6) is 0.864. The monoisotopic (exact) mass is 232 g/mol. The minimum atomic E-state index is -0.241. The second-order valence-electron chi connectivity index (χ2n) is 4.14. The minimum Gasteiger partial charge on any atom is -0.491 e. The molecule has 0 aliphatic heterocycles. The van der Waals surface area contributed by atoms with E-state index in [2.05, 4.69) is 31.3 Å². The van der Waals surface area contributed by atoms with Crippen molar-refractivity contribution in [3.63, 3.8) is 0 Å². The smallest absolute Gasteiger partial charge is 0.130 e. The summed E-state index contributed by atoms with van der Waals surface area (Å²) in [7, 11) is 0. The number of ether oxygens (including phenoxy) is 1. The third-order valence-corrected chi connectivity index (χ3v) is 2.76. The first-order valence-corrected chi connectivity index (χ1v) is 6.01. The molecule has 0 saturated carbocycles. The molecule has 0 aromatic heterocycles. The third kappa shape index (κ3) is 4.08. The van der Waals surface area contributed by atoms with Gasteiger partial charge in [-0.25, -0.2) is 0 Å². The summed E-state index contributed by atoms with van der Waals surface area (Å²) in [5.41, 5.74) is 2.34. The highest BCUT2D eigenvalue weighted by Crippen LogP contribution is 2.20. The molecule has 0 saturated heterocycles. The van der Waals surface area contributed by atoms with Crippen molar-refractivity contribution in [2.45, 2.75) is 33.2 Å². The van der Waals surface area contributed by atoms with Gasteiger partial charge in [0.05, 0.1) is 6.07 Å². The zero-order valence-corrected chi connectivity index (χ0v) is 10.8. The lowest BCUT2D eigenvalue weighted by Crippen LogP contribution is -2.33. The van der Waals surface area contributed by atoms with E-state index in [1.807, 2.05) is 19.1 Å². The Kier molecular flexibility index (Phi) is 5.51. The minimum absolute atomic E-state index is 0.241. The molecule has 1 aromatic rings. The number of hydrogen-bond acceptors (Lipinski definition) is 3. The molecule has 0 radical (unpaired) electrons. The number of nitrogens with zero attached hydrogens (tertiary/aromatic N) is 1. The Morgan fingerprint density at radius 3 is 2.82 bits per heavy atom. The fourth-order valence-electron chi connectivity index (χ4n) is 1.51. The van der Waals surface area contributed by atoms with E-state index in [0.717, 1.165) is 24.3 Å². The summed E-state index contributed by atoms with van der Waals surface area (Å²) in [6, 6.07) is 7.93. The van der Waals surface area contributed by atoms with Crippen molar-refractivity contribution in [2.75, 3.05) is 13.2 Å². The fourth-order valence-corrected chi connectivity index (χ4v) is 1.51. The lowest BCUT2D eigenvalue weighted by molar-refractivity contribution is 0.287. The van der Waals surface area contributed by atoms with Gasteiger partial charge in [-0.05, 0) is 44.0 Å². The Morgan fingerprint density at radius 2 is 2.18 bits per heavy atom.